The molecule has 0 fully saturated rings. The first-order chi connectivity index (χ1) is 9.98. The lowest BCUT2D eigenvalue weighted by Gasteiger charge is -2.34. The molecule has 0 spiro atoms. The molecule has 0 atom stereocenters. The molecule has 1 aliphatic rings. The number of hydrogen-bond donors (Lipinski definition) is 0. The van der Waals surface area contributed by atoms with Crippen LogP contribution in [-0.4, -0.2) is 0 Å². The summed E-state index contributed by atoms with van der Waals surface area (Å²) in [6, 6.07) is 11.8. The van der Waals surface area contributed by atoms with Gasteiger partial charge in [0.25, 0.3) is 0 Å². The van der Waals surface area contributed by atoms with Gasteiger partial charge < -0.3 is 0 Å². The Morgan fingerprint density at radius 2 is 1.81 bits per heavy atom. The molecule has 21 heavy (non-hydrogen) atoms. The smallest absolute Gasteiger partial charge is 0.127 e. The van der Waals surface area contributed by atoms with E-state index in [4.69, 9.17) is 0 Å². The van der Waals surface area contributed by atoms with Gasteiger partial charge in [0, 0.05) is 11.0 Å². The summed E-state index contributed by atoms with van der Waals surface area (Å²) in [5, 5.41) is 2.54. The van der Waals surface area contributed by atoms with Crippen LogP contribution in [0.5, 0.6) is 0 Å². The number of fused-ring (bicyclic) bond motifs is 2. The normalized spacial score (nSPS) is 16.6. The predicted molar refractivity (Wildman–Crippen MR) is 87.2 cm³/mol. The highest BCUT2D eigenvalue weighted by atomic mass is 19.1. The maximum absolute atomic E-state index is 14.5. The van der Waals surface area contributed by atoms with E-state index in [2.05, 4.69) is 52.0 Å². The van der Waals surface area contributed by atoms with Crippen LogP contribution in [-0.2, 0) is 5.41 Å². The fraction of sp³-hybridized carbons (Fsp3) is 0.300. The number of benzene rings is 2. The van der Waals surface area contributed by atoms with Crippen LogP contribution in [0.15, 0.2) is 36.4 Å². The Kier molecular flexibility index (Phi) is 3.24. The van der Waals surface area contributed by atoms with Gasteiger partial charge in [0.1, 0.15) is 5.82 Å². The molecule has 2 aromatic rings. The summed E-state index contributed by atoms with van der Waals surface area (Å²) in [5.74, 6) is -0.104. The van der Waals surface area contributed by atoms with Crippen molar-refractivity contribution in [3.05, 3.63) is 69.3 Å². The molecular formula is C20H21F. The van der Waals surface area contributed by atoms with Gasteiger partial charge in [0.2, 0.25) is 0 Å². The van der Waals surface area contributed by atoms with E-state index < -0.39 is 0 Å². The van der Waals surface area contributed by atoms with Crippen LogP contribution in [0, 0.1) is 5.82 Å². The van der Waals surface area contributed by atoms with Crippen molar-refractivity contribution in [1.29, 1.82) is 0 Å². The number of rotatable bonds is 1. The lowest BCUT2D eigenvalue weighted by Crippen LogP contribution is -2.41. The van der Waals surface area contributed by atoms with E-state index in [1.165, 1.54) is 21.6 Å². The number of halogens is 1. The van der Waals surface area contributed by atoms with Crippen LogP contribution in [0.3, 0.4) is 0 Å². The molecular weight excluding hydrogens is 259 g/mol. The van der Waals surface area contributed by atoms with Crippen LogP contribution in [0.2, 0.25) is 0 Å². The Hall–Kier alpha value is -1.89. The minimum absolute atomic E-state index is 0.104. The van der Waals surface area contributed by atoms with Gasteiger partial charge in [0.15, 0.2) is 0 Å². The average molecular weight is 280 g/mol. The minimum Gasteiger partial charge on any atom is -0.207 e. The third-order valence-electron chi connectivity index (χ3n) is 4.61. The SMILES string of the molecule is CC/C=c1/cccc2c1=C(C)c1cccc(F)c1C2(C)C. The first kappa shape index (κ1) is 14.1. The highest BCUT2D eigenvalue weighted by molar-refractivity contribution is 5.73. The van der Waals surface area contributed by atoms with Crippen molar-refractivity contribution >= 4 is 11.6 Å². The molecule has 0 heterocycles. The molecule has 1 heteroatoms. The van der Waals surface area contributed by atoms with Crippen molar-refractivity contribution in [2.24, 2.45) is 0 Å². The number of hydrogen-bond acceptors (Lipinski definition) is 0. The second-order valence-electron chi connectivity index (χ2n) is 6.29. The molecule has 0 nitrogen and oxygen atoms in total. The fourth-order valence-corrected chi connectivity index (χ4v) is 3.64. The maximum atomic E-state index is 14.5. The van der Waals surface area contributed by atoms with Crippen molar-refractivity contribution in [1.82, 2.24) is 0 Å². The highest BCUT2D eigenvalue weighted by Crippen LogP contribution is 2.38. The summed E-state index contributed by atoms with van der Waals surface area (Å²) in [7, 11) is 0. The van der Waals surface area contributed by atoms with E-state index >= 15 is 0 Å². The summed E-state index contributed by atoms with van der Waals surface area (Å²) in [6.45, 7) is 8.50. The molecule has 108 valence electrons. The summed E-state index contributed by atoms with van der Waals surface area (Å²) in [5.41, 5.74) is 3.96. The van der Waals surface area contributed by atoms with Crippen molar-refractivity contribution in [2.45, 2.75) is 39.5 Å². The van der Waals surface area contributed by atoms with Crippen LogP contribution >= 0.6 is 0 Å². The molecule has 1 aliphatic carbocycles. The van der Waals surface area contributed by atoms with Gasteiger partial charge in [0.05, 0.1) is 0 Å². The lowest BCUT2D eigenvalue weighted by molar-refractivity contribution is 0.541. The van der Waals surface area contributed by atoms with E-state index in [1.807, 2.05) is 12.1 Å². The average Bonchev–Trinajstić information content (AvgIpc) is 2.45. The third kappa shape index (κ3) is 1.95. The first-order valence-electron chi connectivity index (χ1n) is 7.58. The van der Waals surface area contributed by atoms with Crippen molar-refractivity contribution in [2.75, 3.05) is 0 Å². The molecule has 0 radical (unpaired) electrons. The zero-order chi connectivity index (χ0) is 15.2. The van der Waals surface area contributed by atoms with Crippen LogP contribution in [0.1, 0.15) is 50.8 Å². The molecule has 0 saturated carbocycles. The largest absolute Gasteiger partial charge is 0.207 e. The van der Waals surface area contributed by atoms with Crippen molar-refractivity contribution in [3.63, 3.8) is 0 Å². The van der Waals surface area contributed by atoms with Crippen LogP contribution < -0.4 is 10.4 Å². The molecule has 0 aliphatic heterocycles. The van der Waals surface area contributed by atoms with E-state index in [0.717, 1.165) is 17.5 Å². The van der Waals surface area contributed by atoms with E-state index in [1.54, 1.807) is 6.07 Å². The summed E-state index contributed by atoms with van der Waals surface area (Å²) in [4.78, 5) is 0. The van der Waals surface area contributed by atoms with Gasteiger partial charge in [-0.1, -0.05) is 57.2 Å². The highest BCUT2D eigenvalue weighted by Gasteiger charge is 2.33. The fourth-order valence-electron chi connectivity index (χ4n) is 3.64. The van der Waals surface area contributed by atoms with Gasteiger partial charge in [-0.2, -0.15) is 0 Å². The van der Waals surface area contributed by atoms with E-state index in [9.17, 15) is 4.39 Å². The molecule has 0 saturated heterocycles. The third-order valence-corrected chi connectivity index (χ3v) is 4.61. The predicted octanol–water partition coefficient (Wildman–Crippen LogP) is 3.87. The summed E-state index contributed by atoms with van der Waals surface area (Å²) >= 11 is 0. The van der Waals surface area contributed by atoms with Crippen molar-refractivity contribution < 1.29 is 4.39 Å². The molecule has 0 bridgehead atoms. The Balaban J connectivity index is 2.57. The molecule has 0 N–H and O–H groups in total. The van der Waals surface area contributed by atoms with E-state index in [0.29, 0.717) is 0 Å². The monoisotopic (exact) mass is 280 g/mol. The van der Waals surface area contributed by atoms with Crippen molar-refractivity contribution in [3.8, 4) is 0 Å². The Labute approximate surface area is 125 Å². The maximum Gasteiger partial charge on any atom is 0.127 e. The van der Waals surface area contributed by atoms with Gasteiger partial charge in [-0.25, -0.2) is 4.39 Å². The molecule has 0 unspecified atom stereocenters. The van der Waals surface area contributed by atoms with E-state index in [-0.39, 0.29) is 11.2 Å². The second-order valence-corrected chi connectivity index (χ2v) is 6.29. The van der Waals surface area contributed by atoms with Gasteiger partial charge in [-0.3, -0.25) is 0 Å². The lowest BCUT2D eigenvalue weighted by atomic mass is 9.69. The summed E-state index contributed by atoms with van der Waals surface area (Å²) in [6.07, 6.45) is 3.25. The zero-order valence-electron chi connectivity index (χ0n) is 13.1. The van der Waals surface area contributed by atoms with Crippen LogP contribution in [0.25, 0.3) is 11.6 Å². The topological polar surface area (TPSA) is 0 Å². The Bertz CT molecular complexity index is 825. The Morgan fingerprint density at radius 1 is 1.10 bits per heavy atom. The molecule has 3 rings (SSSR count). The summed E-state index contributed by atoms with van der Waals surface area (Å²) < 4.78 is 14.5. The molecule has 2 aromatic carbocycles. The minimum atomic E-state index is -0.312. The quantitative estimate of drug-likeness (QED) is 0.744. The second kappa shape index (κ2) is 4.84. The first-order valence-corrected chi connectivity index (χ1v) is 7.58. The zero-order valence-corrected chi connectivity index (χ0v) is 13.1. The van der Waals surface area contributed by atoms with Gasteiger partial charge in [-0.15, -0.1) is 0 Å². The Morgan fingerprint density at radius 3 is 2.52 bits per heavy atom. The van der Waals surface area contributed by atoms with Gasteiger partial charge in [-0.05, 0) is 46.5 Å². The standard InChI is InChI=1S/C20H21F/c1-5-8-14-9-6-11-16-18(14)13(2)15-10-7-12-17(21)19(15)20(16,3)4/h6-12H,5H2,1-4H3/b14-8-. The molecule has 0 amide bonds. The molecule has 0 aromatic heterocycles. The van der Waals surface area contributed by atoms with Gasteiger partial charge >= 0.3 is 0 Å². The van der Waals surface area contributed by atoms with Crippen LogP contribution in [0.4, 0.5) is 4.39 Å².